The summed E-state index contributed by atoms with van der Waals surface area (Å²) in [5.74, 6) is -2.51. The summed E-state index contributed by atoms with van der Waals surface area (Å²) < 4.78 is 24.7. The maximum Gasteiger partial charge on any atom is 0.340 e. The van der Waals surface area contributed by atoms with Crippen LogP contribution >= 0.6 is 0 Å². The van der Waals surface area contributed by atoms with Crippen LogP contribution < -0.4 is 0 Å². The number of H-pyrrole nitrogens is 1. The second-order valence-corrected chi connectivity index (χ2v) is 24.7. The number of ether oxygens (including phenoxy) is 4. The Kier molecular flexibility index (Phi) is 15.5. The Morgan fingerprint density at radius 2 is 0.606 bits per heavy atom. The number of hydrogen-bond donors (Lipinski definition) is 1. The third-order valence-electron chi connectivity index (χ3n) is 12.2. The number of esters is 4. The minimum absolute atomic E-state index is 0.278. The molecular weight excluding hydrogens is 827 g/mol. The fourth-order valence-electron chi connectivity index (χ4n) is 7.25. The Morgan fingerprint density at radius 3 is 0.803 bits per heavy atom. The first kappa shape index (κ1) is 53.4. The van der Waals surface area contributed by atoms with Crippen molar-refractivity contribution in [1.82, 2.24) is 4.98 Å². The van der Waals surface area contributed by atoms with E-state index >= 15 is 0 Å². The van der Waals surface area contributed by atoms with Gasteiger partial charge >= 0.3 is 23.9 Å². The average molecular weight is 906 g/mol. The van der Waals surface area contributed by atoms with E-state index in [4.69, 9.17) is 18.9 Å². The quantitative estimate of drug-likeness (QED) is 0.110. The van der Waals surface area contributed by atoms with Crippen molar-refractivity contribution in [3.8, 4) is 0 Å². The zero-order valence-electron chi connectivity index (χ0n) is 43.9. The van der Waals surface area contributed by atoms with Gasteiger partial charge in [-0.05, 0) is 122 Å². The Morgan fingerprint density at radius 1 is 0.379 bits per heavy atom. The lowest BCUT2D eigenvalue weighted by Crippen LogP contribution is -2.44. The molecule has 0 aliphatic heterocycles. The normalized spacial score (nSPS) is 13.0. The molecule has 0 atom stereocenters. The highest BCUT2D eigenvalue weighted by molar-refractivity contribution is 5.93. The SMILES string of the molecule is Cc1c[nH]c(C)c1C(=O)OCC(COC(=O)c1cc(C(C)(C)C)cc(C(C)(C)C)c1)(COC(=O)c1cc(C(C)(C)C)cc(C(C)(C)C)c1)COC(=O)c1cc(C(C)(C)C)cc(C(C)(C)C)c1. The Labute approximate surface area is 396 Å². The molecule has 1 N–H and O–H groups in total. The molecule has 3 aromatic carbocycles. The van der Waals surface area contributed by atoms with Gasteiger partial charge in [0.15, 0.2) is 0 Å². The molecule has 0 saturated heterocycles. The standard InChI is InChI=1S/C57H79NO8/c1-35-30-58-36(2)46(35)50(62)66-34-57(31-63-47(59)37-21-40(51(3,4)5)27-41(22-37)52(6,7)8,32-64-48(60)38-23-42(53(9,10)11)28-43(24-38)54(12,13)14)33-65-49(61)39-25-44(55(15,16)17)29-45(26-39)56(18,19)20/h21-30,58H,31-34H2,1-20H3. The molecule has 66 heavy (non-hydrogen) atoms. The van der Waals surface area contributed by atoms with E-state index in [1.165, 1.54) is 0 Å². The van der Waals surface area contributed by atoms with Gasteiger partial charge in [0.2, 0.25) is 0 Å². The average Bonchev–Trinajstić information content (AvgIpc) is 3.54. The largest absolute Gasteiger partial charge is 0.461 e. The first-order valence-electron chi connectivity index (χ1n) is 23.2. The van der Waals surface area contributed by atoms with Gasteiger partial charge in [-0.2, -0.15) is 0 Å². The van der Waals surface area contributed by atoms with Crippen molar-refractivity contribution in [2.75, 3.05) is 26.4 Å². The summed E-state index contributed by atoms with van der Waals surface area (Å²) in [7, 11) is 0. The Bertz CT molecular complexity index is 2090. The molecule has 4 rings (SSSR count). The molecule has 0 aliphatic carbocycles. The van der Waals surface area contributed by atoms with Gasteiger partial charge in [-0.25, -0.2) is 19.2 Å². The number of aromatic nitrogens is 1. The van der Waals surface area contributed by atoms with Gasteiger partial charge in [0.25, 0.3) is 0 Å². The van der Waals surface area contributed by atoms with E-state index in [1.54, 1.807) is 20.0 Å². The van der Waals surface area contributed by atoms with Crippen LogP contribution in [0.4, 0.5) is 0 Å². The van der Waals surface area contributed by atoms with Crippen LogP contribution in [0.25, 0.3) is 0 Å². The first-order valence-corrected chi connectivity index (χ1v) is 23.2. The topological polar surface area (TPSA) is 121 Å². The van der Waals surface area contributed by atoms with Crippen LogP contribution in [0, 0.1) is 19.3 Å². The highest BCUT2D eigenvalue weighted by Gasteiger charge is 2.40. The summed E-state index contributed by atoms with van der Waals surface area (Å²) >= 11 is 0. The lowest BCUT2D eigenvalue weighted by atomic mass is 9.79. The predicted molar refractivity (Wildman–Crippen MR) is 265 cm³/mol. The number of nitrogens with one attached hydrogen (secondary N) is 1. The number of carbonyl (C=O) groups is 4. The number of aromatic amines is 1. The minimum Gasteiger partial charge on any atom is -0.461 e. The molecule has 0 amide bonds. The zero-order valence-corrected chi connectivity index (χ0v) is 43.9. The smallest absolute Gasteiger partial charge is 0.340 e. The first-order chi connectivity index (χ1) is 29.9. The number of hydrogen-bond acceptors (Lipinski definition) is 8. The number of benzene rings is 3. The van der Waals surface area contributed by atoms with Gasteiger partial charge in [-0.15, -0.1) is 0 Å². The van der Waals surface area contributed by atoms with Gasteiger partial charge in [0.05, 0.1) is 22.3 Å². The van der Waals surface area contributed by atoms with Crippen molar-refractivity contribution in [2.24, 2.45) is 5.41 Å². The van der Waals surface area contributed by atoms with Crippen molar-refractivity contribution in [3.05, 3.63) is 128 Å². The summed E-state index contributed by atoms with van der Waals surface area (Å²) in [6, 6.07) is 17.3. The van der Waals surface area contributed by atoms with E-state index in [0.29, 0.717) is 33.5 Å². The maximum absolute atomic E-state index is 14.4. The lowest BCUT2D eigenvalue weighted by Gasteiger charge is -2.32. The number of carbonyl (C=O) groups excluding carboxylic acids is 4. The summed E-state index contributed by atoms with van der Waals surface area (Å²) in [6.45, 7) is 39.4. The van der Waals surface area contributed by atoms with Crippen LogP contribution in [-0.4, -0.2) is 55.3 Å². The third-order valence-corrected chi connectivity index (χ3v) is 12.2. The van der Waals surface area contributed by atoms with Gasteiger partial charge in [-0.1, -0.05) is 143 Å². The van der Waals surface area contributed by atoms with Crippen LogP contribution in [0.3, 0.4) is 0 Å². The molecule has 9 nitrogen and oxygen atoms in total. The van der Waals surface area contributed by atoms with Crippen molar-refractivity contribution in [2.45, 2.75) is 171 Å². The van der Waals surface area contributed by atoms with Gasteiger partial charge in [0.1, 0.15) is 31.8 Å². The molecule has 4 aromatic rings. The molecule has 1 aromatic heterocycles. The van der Waals surface area contributed by atoms with E-state index in [9.17, 15) is 19.2 Å². The van der Waals surface area contributed by atoms with E-state index in [0.717, 1.165) is 33.4 Å². The van der Waals surface area contributed by atoms with Gasteiger partial charge in [0, 0.05) is 11.9 Å². The molecule has 1 heterocycles. The summed E-state index contributed by atoms with van der Waals surface area (Å²) in [5.41, 5.74) is 5.20. The second-order valence-electron chi connectivity index (χ2n) is 24.7. The van der Waals surface area contributed by atoms with Gasteiger partial charge < -0.3 is 23.9 Å². The van der Waals surface area contributed by atoms with E-state index in [-0.39, 0.29) is 32.5 Å². The molecule has 0 spiro atoms. The monoisotopic (exact) mass is 906 g/mol. The van der Waals surface area contributed by atoms with Crippen LogP contribution in [0.15, 0.2) is 60.8 Å². The molecule has 9 heteroatoms. The molecule has 0 fully saturated rings. The summed E-state index contributed by atoms with van der Waals surface area (Å²) in [6.07, 6.45) is 1.72. The molecular formula is C57H79NO8. The molecule has 0 saturated carbocycles. The third kappa shape index (κ3) is 13.7. The summed E-state index contributed by atoms with van der Waals surface area (Å²) in [5, 5.41) is 0. The van der Waals surface area contributed by atoms with Crippen molar-refractivity contribution < 1.29 is 38.1 Å². The highest BCUT2D eigenvalue weighted by atomic mass is 16.6. The highest BCUT2D eigenvalue weighted by Crippen LogP contribution is 2.35. The van der Waals surface area contributed by atoms with Gasteiger partial charge in [-0.3, -0.25) is 0 Å². The van der Waals surface area contributed by atoms with E-state index in [1.807, 2.05) is 36.4 Å². The minimum atomic E-state index is -1.56. The van der Waals surface area contributed by atoms with E-state index in [2.05, 4.69) is 148 Å². The number of aryl methyl sites for hydroxylation is 2. The second kappa shape index (κ2) is 19.2. The molecule has 0 radical (unpaired) electrons. The fraction of sp³-hybridized carbons (Fsp3) is 0.544. The molecule has 0 aliphatic rings. The number of rotatable bonds is 12. The molecule has 0 unspecified atom stereocenters. The molecule has 0 bridgehead atoms. The fourth-order valence-corrected chi connectivity index (χ4v) is 7.25. The summed E-state index contributed by atoms with van der Waals surface area (Å²) in [4.78, 5) is 60.0. The van der Waals surface area contributed by atoms with Crippen LogP contribution in [0.1, 0.15) is 211 Å². The molecule has 360 valence electrons. The van der Waals surface area contributed by atoms with Crippen molar-refractivity contribution in [3.63, 3.8) is 0 Å². The predicted octanol–water partition coefficient (Wildman–Crippen LogP) is 13.1. The Balaban J connectivity index is 1.87. The van der Waals surface area contributed by atoms with E-state index < -0.39 is 55.7 Å². The lowest BCUT2D eigenvalue weighted by molar-refractivity contribution is -0.0642. The van der Waals surface area contributed by atoms with Crippen LogP contribution in [0.5, 0.6) is 0 Å². The van der Waals surface area contributed by atoms with Crippen LogP contribution in [-0.2, 0) is 51.4 Å². The van der Waals surface area contributed by atoms with Crippen molar-refractivity contribution >= 4 is 23.9 Å². The van der Waals surface area contributed by atoms with Crippen molar-refractivity contribution in [1.29, 1.82) is 0 Å². The Hall–Kier alpha value is -5.18. The zero-order chi connectivity index (χ0) is 50.2. The van der Waals surface area contributed by atoms with Crippen LogP contribution in [0.2, 0.25) is 0 Å². The maximum atomic E-state index is 14.4.